The summed E-state index contributed by atoms with van der Waals surface area (Å²) in [7, 11) is 0. The number of nitrogens with zero attached hydrogens (tertiary/aromatic N) is 1. The van der Waals surface area contributed by atoms with Crippen molar-refractivity contribution in [1.82, 2.24) is 4.90 Å². The minimum Gasteiger partial charge on any atom is -0.344 e. The normalized spacial score (nSPS) is 15.4. The summed E-state index contributed by atoms with van der Waals surface area (Å²) in [6.07, 6.45) is 13.1. The van der Waals surface area contributed by atoms with Crippen LogP contribution in [0.15, 0.2) is 42.8 Å². The van der Waals surface area contributed by atoms with Crippen molar-refractivity contribution in [2.24, 2.45) is 5.41 Å². The van der Waals surface area contributed by atoms with Gasteiger partial charge in [0, 0.05) is 17.9 Å². The fourth-order valence-electron chi connectivity index (χ4n) is 3.62. The van der Waals surface area contributed by atoms with E-state index in [9.17, 15) is 0 Å². The van der Waals surface area contributed by atoms with E-state index in [1.807, 2.05) is 6.08 Å². The molecule has 0 amide bonds. The molecule has 1 aromatic rings. The van der Waals surface area contributed by atoms with Crippen LogP contribution in [0.1, 0.15) is 69.7 Å². The first-order chi connectivity index (χ1) is 11.8. The van der Waals surface area contributed by atoms with Gasteiger partial charge in [-0.05, 0) is 53.9 Å². The van der Waals surface area contributed by atoms with Gasteiger partial charge < -0.3 is 4.90 Å². The summed E-state index contributed by atoms with van der Waals surface area (Å²) in [6.45, 7) is 17.7. The van der Waals surface area contributed by atoms with Crippen LogP contribution in [0, 0.1) is 12.3 Å². The Hall–Kier alpha value is -1.76. The Balaban J connectivity index is 2.33. The second kappa shape index (κ2) is 8.08. The van der Waals surface area contributed by atoms with Gasteiger partial charge in [-0.2, -0.15) is 0 Å². The molecule has 1 heterocycles. The van der Waals surface area contributed by atoms with Crippen molar-refractivity contribution in [2.45, 2.75) is 73.3 Å². The van der Waals surface area contributed by atoms with Crippen molar-refractivity contribution >= 4 is 6.08 Å². The molecule has 136 valence electrons. The summed E-state index contributed by atoms with van der Waals surface area (Å²) < 4.78 is 0. The molecule has 1 nitrogen and oxygen atoms in total. The molecule has 2 rings (SSSR count). The Morgan fingerprint density at radius 2 is 1.88 bits per heavy atom. The van der Waals surface area contributed by atoms with Crippen molar-refractivity contribution in [1.29, 1.82) is 0 Å². The Bertz CT molecular complexity index is 670. The van der Waals surface area contributed by atoms with Crippen molar-refractivity contribution in [3.8, 4) is 0 Å². The molecule has 1 unspecified atom stereocenters. The summed E-state index contributed by atoms with van der Waals surface area (Å²) in [5, 5.41) is 0. The highest BCUT2D eigenvalue weighted by Gasteiger charge is 2.36. The highest BCUT2D eigenvalue weighted by molar-refractivity contribution is 5.58. The van der Waals surface area contributed by atoms with Gasteiger partial charge in [0.2, 0.25) is 0 Å². The topological polar surface area (TPSA) is 3.01 Å². The average molecular weight is 338 g/mol. The molecule has 0 saturated carbocycles. The maximum absolute atomic E-state index is 3.83. The maximum Gasteiger partial charge on any atom is 0.0423 e. The minimum absolute atomic E-state index is 0.239. The van der Waals surface area contributed by atoms with Gasteiger partial charge >= 0.3 is 0 Å². The predicted octanol–water partition coefficient (Wildman–Crippen LogP) is 6.67. The molecule has 1 aliphatic heterocycles. The third kappa shape index (κ3) is 4.87. The lowest BCUT2D eigenvalue weighted by Gasteiger charge is -2.34. The van der Waals surface area contributed by atoms with Gasteiger partial charge in [0.05, 0.1) is 0 Å². The van der Waals surface area contributed by atoms with Crippen LogP contribution in [0.25, 0.3) is 6.08 Å². The van der Waals surface area contributed by atoms with Crippen LogP contribution in [-0.2, 0) is 12.8 Å². The van der Waals surface area contributed by atoms with Gasteiger partial charge in [-0.3, -0.25) is 0 Å². The Kier molecular flexibility index (Phi) is 6.32. The fourth-order valence-corrected chi connectivity index (χ4v) is 3.62. The summed E-state index contributed by atoms with van der Waals surface area (Å²) in [5.41, 5.74) is 7.40. The largest absolute Gasteiger partial charge is 0.344 e. The van der Waals surface area contributed by atoms with Crippen LogP contribution < -0.4 is 0 Å². The standard InChI is InChI=1S/C24H35N/c1-8-11-13-20-15-19(10-3)18(4)14-21(20)16-23(24(5,6)7)25-17-22(25)12-9-2/h8,11,13-15,17,23H,1,9-10,12,16H2,2-7H3/b13-11+. The monoisotopic (exact) mass is 337 g/mol. The first-order valence-corrected chi connectivity index (χ1v) is 9.72. The van der Waals surface area contributed by atoms with Crippen LogP contribution in [0.4, 0.5) is 0 Å². The Morgan fingerprint density at radius 1 is 1.16 bits per heavy atom. The predicted molar refractivity (Wildman–Crippen MR) is 112 cm³/mol. The number of hydrogen-bond acceptors (Lipinski definition) is 1. The molecule has 1 heteroatoms. The van der Waals surface area contributed by atoms with E-state index in [4.69, 9.17) is 0 Å². The molecule has 0 aliphatic carbocycles. The Morgan fingerprint density at radius 3 is 2.44 bits per heavy atom. The summed E-state index contributed by atoms with van der Waals surface area (Å²) in [4.78, 5) is 2.52. The fraction of sp³-hybridized carbons (Fsp3) is 0.500. The summed E-state index contributed by atoms with van der Waals surface area (Å²) in [6, 6.07) is 5.29. The van der Waals surface area contributed by atoms with Crippen LogP contribution in [-0.4, -0.2) is 10.9 Å². The van der Waals surface area contributed by atoms with Crippen molar-refractivity contribution in [3.05, 3.63) is 65.0 Å². The van der Waals surface area contributed by atoms with E-state index in [1.54, 1.807) is 0 Å². The number of benzene rings is 1. The molecule has 0 radical (unpaired) electrons. The van der Waals surface area contributed by atoms with E-state index >= 15 is 0 Å². The second-order valence-electron chi connectivity index (χ2n) is 8.29. The molecule has 1 aromatic carbocycles. The molecule has 25 heavy (non-hydrogen) atoms. The molecule has 0 bridgehead atoms. The Labute approximate surface area is 155 Å². The molecule has 1 aliphatic rings. The second-order valence-corrected chi connectivity index (χ2v) is 8.29. The van der Waals surface area contributed by atoms with E-state index in [-0.39, 0.29) is 5.41 Å². The highest BCUT2D eigenvalue weighted by Crippen LogP contribution is 2.39. The molecular weight excluding hydrogens is 302 g/mol. The van der Waals surface area contributed by atoms with E-state index in [2.05, 4.69) is 83.5 Å². The number of aryl methyl sites for hydroxylation is 2. The number of hydrogen-bond donors (Lipinski definition) is 0. The lowest BCUT2D eigenvalue weighted by Crippen LogP contribution is -2.36. The van der Waals surface area contributed by atoms with Crippen LogP contribution in [0.5, 0.6) is 0 Å². The zero-order valence-corrected chi connectivity index (χ0v) is 17.0. The van der Waals surface area contributed by atoms with E-state index in [0.29, 0.717) is 6.04 Å². The van der Waals surface area contributed by atoms with Gasteiger partial charge in [0.1, 0.15) is 0 Å². The van der Waals surface area contributed by atoms with Crippen LogP contribution in [0.2, 0.25) is 0 Å². The summed E-state index contributed by atoms with van der Waals surface area (Å²) >= 11 is 0. The zero-order valence-electron chi connectivity index (χ0n) is 17.0. The minimum atomic E-state index is 0.239. The maximum atomic E-state index is 3.83. The van der Waals surface area contributed by atoms with Gasteiger partial charge in [0.25, 0.3) is 0 Å². The molecule has 0 N–H and O–H groups in total. The van der Waals surface area contributed by atoms with E-state index in [1.165, 1.54) is 40.8 Å². The van der Waals surface area contributed by atoms with Crippen LogP contribution in [0.3, 0.4) is 0 Å². The quantitative estimate of drug-likeness (QED) is 0.479. The smallest absolute Gasteiger partial charge is 0.0423 e. The lowest BCUT2D eigenvalue weighted by atomic mass is 9.81. The summed E-state index contributed by atoms with van der Waals surface area (Å²) in [5.74, 6) is 0. The number of rotatable bonds is 8. The van der Waals surface area contributed by atoms with E-state index < -0.39 is 0 Å². The van der Waals surface area contributed by atoms with Crippen molar-refractivity contribution < 1.29 is 0 Å². The molecule has 1 atom stereocenters. The lowest BCUT2D eigenvalue weighted by molar-refractivity contribution is 0.208. The third-order valence-electron chi connectivity index (χ3n) is 5.20. The first-order valence-electron chi connectivity index (χ1n) is 9.72. The first kappa shape index (κ1) is 19.6. The zero-order chi connectivity index (χ0) is 18.6. The highest BCUT2D eigenvalue weighted by atomic mass is 15.3. The van der Waals surface area contributed by atoms with Gasteiger partial charge in [-0.1, -0.05) is 78.0 Å². The van der Waals surface area contributed by atoms with Crippen molar-refractivity contribution in [2.75, 3.05) is 0 Å². The van der Waals surface area contributed by atoms with E-state index in [0.717, 1.165) is 12.8 Å². The third-order valence-corrected chi connectivity index (χ3v) is 5.20. The van der Waals surface area contributed by atoms with Crippen molar-refractivity contribution in [3.63, 3.8) is 0 Å². The van der Waals surface area contributed by atoms with Gasteiger partial charge in [-0.25, -0.2) is 0 Å². The molecule has 0 spiro atoms. The van der Waals surface area contributed by atoms with Gasteiger partial charge in [-0.15, -0.1) is 0 Å². The van der Waals surface area contributed by atoms with Gasteiger partial charge in [0.15, 0.2) is 0 Å². The van der Waals surface area contributed by atoms with Crippen LogP contribution >= 0.6 is 0 Å². The molecule has 0 saturated heterocycles. The average Bonchev–Trinajstić information content (AvgIpc) is 3.29. The number of allylic oxidation sites excluding steroid dienone is 3. The molecule has 0 aromatic heterocycles. The SMILES string of the molecule is C=C/C=C/c1cc(CC)c(C)cc1CC(N1C=C1CCC)C(C)(C)C. The molecular formula is C24H35N. The molecule has 0 fully saturated rings.